The van der Waals surface area contributed by atoms with Crippen LogP contribution in [0.25, 0.3) is 0 Å². The Balaban J connectivity index is 2.54. The zero-order valence-corrected chi connectivity index (χ0v) is 7.53. The molecule has 0 radical (unpaired) electrons. The van der Waals surface area contributed by atoms with Crippen LogP contribution in [-0.2, 0) is 0 Å². The first-order chi connectivity index (χ1) is 6.83. The minimum absolute atomic E-state index is 0.00694. The number of carbonyl (C=O) groups is 1. The van der Waals surface area contributed by atoms with Gasteiger partial charge in [-0.2, -0.15) is 0 Å². The number of fused-ring (bicyclic) bond motifs is 1. The zero-order chi connectivity index (χ0) is 9.97. The van der Waals surface area contributed by atoms with Gasteiger partial charge < -0.3 is 14.6 Å². The van der Waals surface area contributed by atoms with Crippen LogP contribution in [0.15, 0.2) is 12.1 Å². The van der Waals surface area contributed by atoms with Gasteiger partial charge >= 0.3 is 0 Å². The molecular weight excluding hydrogens is 184 g/mol. The second-order valence-corrected chi connectivity index (χ2v) is 3.00. The lowest BCUT2D eigenvalue weighted by Gasteiger charge is -2.10. The van der Waals surface area contributed by atoms with Crippen molar-refractivity contribution in [2.24, 2.45) is 0 Å². The first-order valence-corrected chi connectivity index (χ1v) is 4.39. The topological polar surface area (TPSA) is 55.8 Å². The monoisotopic (exact) mass is 194 g/mol. The van der Waals surface area contributed by atoms with Crippen LogP contribution in [-0.4, -0.2) is 24.6 Å². The molecule has 1 aliphatic rings. The van der Waals surface area contributed by atoms with E-state index in [0.29, 0.717) is 30.8 Å². The Morgan fingerprint density at radius 3 is 2.64 bits per heavy atom. The third-order valence-electron chi connectivity index (χ3n) is 2.03. The number of ether oxygens (including phenoxy) is 2. The molecule has 1 heterocycles. The first-order valence-electron chi connectivity index (χ1n) is 4.39. The number of benzene rings is 1. The Morgan fingerprint density at radius 2 is 1.93 bits per heavy atom. The Hall–Kier alpha value is -1.71. The van der Waals surface area contributed by atoms with Crippen molar-refractivity contribution in [2.45, 2.75) is 6.42 Å². The Labute approximate surface area is 81.1 Å². The average Bonchev–Trinajstić information content (AvgIpc) is 2.44. The number of hydrogen-bond donors (Lipinski definition) is 1. The molecule has 74 valence electrons. The standard InChI is InChI=1S/C10H10O4/c11-6-7-2-3-8(12)10-9(7)13-4-1-5-14-10/h2-3,6,12H,1,4-5H2. The molecule has 0 unspecified atom stereocenters. The summed E-state index contributed by atoms with van der Waals surface area (Å²) in [5.41, 5.74) is 0.403. The smallest absolute Gasteiger partial charge is 0.204 e. The van der Waals surface area contributed by atoms with Crippen molar-refractivity contribution in [1.29, 1.82) is 0 Å². The first kappa shape index (κ1) is 8.87. The van der Waals surface area contributed by atoms with Gasteiger partial charge in [0.05, 0.1) is 18.8 Å². The van der Waals surface area contributed by atoms with Gasteiger partial charge in [0.25, 0.3) is 0 Å². The molecule has 0 bridgehead atoms. The van der Waals surface area contributed by atoms with Crippen molar-refractivity contribution in [2.75, 3.05) is 13.2 Å². The highest BCUT2D eigenvalue weighted by Crippen LogP contribution is 2.39. The fourth-order valence-corrected chi connectivity index (χ4v) is 1.36. The Morgan fingerprint density at radius 1 is 1.21 bits per heavy atom. The van der Waals surface area contributed by atoms with Crippen molar-refractivity contribution in [3.05, 3.63) is 17.7 Å². The van der Waals surface area contributed by atoms with Crippen LogP contribution in [0, 0.1) is 0 Å². The van der Waals surface area contributed by atoms with E-state index in [1.54, 1.807) is 0 Å². The highest BCUT2D eigenvalue weighted by Gasteiger charge is 2.18. The van der Waals surface area contributed by atoms with Gasteiger partial charge in [-0.15, -0.1) is 0 Å². The van der Waals surface area contributed by atoms with Gasteiger partial charge in [0.15, 0.2) is 17.8 Å². The van der Waals surface area contributed by atoms with E-state index in [2.05, 4.69) is 0 Å². The summed E-state index contributed by atoms with van der Waals surface area (Å²) in [4.78, 5) is 10.7. The summed E-state index contributed by atoms with van der Waals surface area (Å²) in [6.07, 6.45) is 1.43. The van der Waals surface area contributed by atoms with Crippen molar-refractivity contribution in [1.82, 2.24) is 0 Å². The third-order valence-corrected chi connectivity index (χ3v) is 2.03. The van der Waals surface area contributed by atoms with E-state index in [1.165, 1.54) is 12.1 Å². The molecule has 0 aliphatic carbocycles. The summed E-state index contributed by atoms with van der Waals surface area (Å²) >= 11 is 0. The quantitative estimate of drug-likeness (QED) is 0.686. The highest BCUT2D eigenvalue weighted by atomic mass is 16.5. The van der Waals surface area contributed by atoms with Crippen molar-refractivity contribution < 1.29 is 19.4 Å². The maximum Gasteiger partial charge on any atom is 0.204 e. The van der Waals surface area contributed by atoms with E-state index in [0.717, 1.165) is 6.42 Å². The number of aldehydes is 1. The summed E-state index contributed by atoms with van der Waals surface area (Å²) in [6.45, 7) is 0.986. The van der Waals surface area contributed by atoms with Crippen molar-refractivity contribution in [3.63, 3.8) is 0 Å². The number of carbonyl (C=O) groups excluding carboxylic acids is 1. The van der Waals surface area contributed by atoms with Gasteiger partial charge in [-0.25, -0.2) is 0 Å². The molecule has 0 aromatic heterocycles. The predicted molar refractivity (Wildman–Crippen MR) is 49.1 cm³/mol. The van der Waals surface area contributed by atoms with E-state index in [4.69, 9.17) is 9.47 Å². The molecule has 0 saturated heterocycles. The number of phenols is 1. The van der Waals surface area contributed by atoms with E-state index in [-0.39, 0.29) is 11.5 Å². The van der Waals surface area contributed by atoms with Crippen LogP contribution in [0.3, 0.4) is 0 Å². The van der Waals surface area contributed by atoms with Gasteiger partial charge in [0.1, 0.15) is 0 Å². The van der Waals surface area contributed by atoms with E-state index in [1.807, 2.05) is 0 Å². The number of phenolic OH excluding ortho intramolecular Hbond substituents is 1. The summed E-state index contributed by atoms with van der Waals surface area (Å²) in [5, 5.41) is 9.48. The number of aromatic hydroxyl groups is 1. The summed E-state index contributed by atoms with van der Waals surface area (Å²) in [5.74, 6) is 0.622. The van der Waals surface area contributed by atoms with Crippen LogP contribution < -0.4 is 9.47 Å². The lowest BCUT2D eigenvalue weighted by Crippen LogP contribution is -1.98. The molecule has 2 rings (SSSR count). The minimum Gasteiger partial charge on any atom is -0.504 e. The minimum atomic E-state index is 0.00694. The second-order valence-electron chi connectivity index (χ2n) is 3.00. The number of hydrogen-bond acceptors (Lipinski definition) is 4. The lowest BCUT2D eigenvalue weighted by atomic mass is 10.2. The van der Waals surface area contributed by atoms with Gasteiger partial charge in [-0.05, 0) is 12.1 Å². The Kier molecular flexibility index (Phi) is 2.26. The van der Waals surface area contributed by atoms with Crippen LogP contribution in [0.5, 0.6) is 17.2 Å². The van der Waals surface area contributed by atoms with Gasteiger partial charge in [0, 0.05) is 6.42 Å². The third kappa shape index (κ3) is 1.39. The summed E-state index contributed by atoms with van der Waals surface area (Å²) in [6, 6.07) is 2.94. The van der Waals surface area contributed by atoms with Gasteiger partial charge in [-0.3, -0.25) is 4.79 Å². The van der Waals surface area contributed by atoms with Gasteiger partial charge in [0.2, 0.25) is 5.75 Å². The van der Waals surface area contributed by atoms with E-state index >= 15 is 0 Å². The fraction of sp³-hybridized carbons (Fsp3) is 0.300. The van der Waals surface area contributed by atoms with E-state index in [9.17, 15) is 9.90 Å². The molecular formula is C10H10O4. The Bertz CT molecular complexity index is 359. The molecule has 1 aromatic carbocycles. The molecule has 1 aliphatic heterocycles. The summed E-state index contributed by atoms with van der Waals surface area (Å²) < 4.78 is 10.6. The van der Waals surface area contributed by atoms with Crippen molar-refractivity contribution in [3.8, 4) is 17.2 Å². The zero-order valence-electron chi connectivity index (χ0n) is 7.53. The maximum absolute atomic E-state index is 10.7. The molecule has 0 saturated carbocycles. The second kappa shape index (κ2) is 3.57. The molecule has 0 fully saturated rings. The van der Waals surface area contributed by atoms with Crippen LogP contribution in [0.1, 0.15) is 16.8 Å². The largest absolute Gasteiger partial charge is 0.504 e. The van der Waals surface area contributed by atoms with E-state index < -0.39 is 0 Å². The van der Waals surface area contributed by atoms with Gasteiger partial charge in [-0.1, -0.05) is 0 Å². The average molecular weight is 194 g/mol. The van der Waals surface area contributed by atoms with Crippen LogP contribution in [0.2, 0.25) is 0 Å². The lowest BCUT2D eigenvalue weighted by molar-refractivity contribution is 0.111. The molecule has 0 spiro atoms. The van der Waals surface area contributed by atoms with Crippen molar-refractivity contribution >= 4 is 6.29 Å². The molecule has 0 amide bonds. The molecule has 4 heteroatoms. The molecule has 0 atom stereocenters. The predicted octanol–water partition coefficient (Wildman–Crippen LogP) is 1.37. The molecule has 4 nitrogen and oxygen atoms in total. The van der Waals surface area contributed by atoms with Crippen LogP contribution in [0.4, 0.5) is 0 Å². The highest BCUT2D eigenvalue weighted by molar-refractivity contribution is 5.82. The van der Waals surface area contributed by atoms with Crippen LogP contribution >= 0.6 is 0 Å². The molecule has 14 heavy (non-hydrogen) atoms. The normalized spacial score (nSPS) is 14.6. The summed E-state index contributed by atoms with van der Waals surface area (Å²) in [7, 11) is 0. The maximum atomic E-state index is 10.7. The molecule has 1 aromatic rings. The number of rotatable bonds is 1. The SMILES string of the molecule is O=Cc1ccc(O)c2c1OCCCO2. The fourth-order valence-electron chi connectivity index (χ4n) is 1.36. The molecule has 1 N–H and O–H groups in total.